The van der Waals surface area contributed by atoms with E-state index < -0.39 is 25.0 Å². The summed E-state index contributed by atoms with van der Waals surface area (Å²) in [5, 5.41) is 6.30. The topological polar surface area (TPSA) is 122 Å². The van der Waals surface area contributed by atoms with E-state index in [0.29, 0.717) is 0 Å². The van der Waals surface area contributed by atoms with Gasteiger partial charge in [-0.1, -0.05) is 6.92 Å². The van der Waals surface area contributed by atoms with Gasteiger partial charge in [0.1, 0.15) is 10.7 Å². The fourth-order valence-corrected chi connectivity index (χ4v) is 4.22. The first-order valence-electron chi connectivity index (χ1n) is 6.90. The first kappa shape index (κ1) is 16.1. The number of rotatable bonds is 5. The van der Waals surface area contributed by atoms with Gasteiger partial charge in [0, 0.05) is 29.5 Å². The highest BCUT2D eigenvalue weighted by Gasteiger charge is 2.41. The molecule has 0 bridgehead atoms. The van der Waals surface area contributed by atoms with Crippen molar-refractivity contribution in [2.75, 3.05) is 11.0 Å². The molecule has 2 aromatic rings. The molecule has 2 N–H and O–H groups in total. The molecule has 3 rings (SSSR count). The lowest BCUT2D eigenvalue weighted by Crippen LogP contribution is -2.12. The standard InChI is InChI=1S/C13H17N3O5S2/c1-8-9(22(3,17)18)6-12(21-8)23(19,20)16-11-7-10(14-15-11)13(2)4-5-13/h6-7H,4-5H2,1-3H3,(H2,14,15,16). The number of hydrogen-bond acceptors (Lipinski definition) is 6. The summed E-state index contributed by atoms with van der Waals surface area (Å²) >= 11 is 0. The Morgan fingerprint density at radius 3 is 2.43 bits per heavy atom. The van der Waals surface area contributed by atoms with E-state index in [1.54, 1.807) is 6.07 Å². The Bertz CT molecular complexity index is 965. The van der Waals surface area contributed by atoms with E-state index in [2.05, 4.69) is 21.8 Å². The molecular formula is C13H17N3O5S2. The molecule has 0 amide bonds. The molecule has 1 aliphatic rings. The van der Waals surface area contributed by atoms with Gasteiger partial charge in [-0.25, -0.2) is 8.42 Å². The summed E-state index contributed by atoms with van der Waals surface area (Å²) in [5.74, 6) is 0.171. The Balaban J connectivity index is 1.89. The minimum absolute atomic E-state index is 0.0288. The Morgan fingerprint density at radius 1 is 1.26 bits per heavy atom. The molecule has 1 fully saturated rings. The monoisotopic (exact) mass is 359 g/mol. The second-order valence-corrected chi connectivity index (χ2v) is 9.69. The molecular weight excluding hydrogens is 342 g/mol. The number of nitrogens with one attached hydrogen (secondary N) is 2. The van der Waals surface area contributed by atoms with Crippen molar-refractivity contribution in [3.63, 3.8) is 0 Å². The Morgan fingerprint density at radius 2 is 1.91 bits per heavy atom. The van der Waals surface area contributed by atoms with Crippen molar-refractivity contribution in [2.45, 2.75) is 42.1 Å². The molecule has 1 aliphatic carbocycles. The second-order valence-electron chi connectivity index (χ2n) is 6.09. The normalized spacial score (nSPS) is 17.2. The van der Waals surface area contributed by atoms with Gasteiger partial charge in [0.05, 0.1) is 0 Å². The van der Waals surface area contributed by atoms with Gasteiger partial charge in [-0.2, -0.15) is 13.5 Å². The fourth-order valence-electron chi connectivity index (χ4n) is 2.27. The maximum atomic E-state index is 12.3. The summed E-state index contributed by atoms with van der Waals surface area (Å²) in [7, 11) is -7.61. The number of furan rings is 1. The van der Waals surface area contributed by atoms with Gasteiger partial charge < -0.3 is 4.42 Å². The number of aromatic amines is 1. The van der Waals surface area contributed by atoms with Crippen LogP contribution in [0.3, 0.4) is 0 Å². The maximum Gasteiger partial charge on any atom is 0.296 e. The summed E-state index contributed by atoms with van der Waals surface area (Å²) in [4.78, 5) is -0.147. The van der Waals surface area contributed by atoms with E-state index in [4.69, 9.17) is 4.42 Å². The fraction of sp³-hybridized carbons (Fsp3) is 0.462. The zero-order valence-electron chi connectivity index (χ0n) is 12.9. The highest BCUT2D eigenvalue weighted by atomic mass is 32.2. The molecule has 8 nitrogen and oxygen atoms in total. The highest BCUT2D eigenvalue weighted by molar-refractivity contribution is 7.92. The van der Waals surface area contributed by atoms with Gasteiger partial charge in [0.15, 0.2) is 15.7 Å². The zero-order chi connectivity index (χ0) is 17.0. The molecule has 0 unspecified atom stereocenters. The average Bonchev–Trinajstić information content (AvgIpc) is 2.86. The van der Waals surface area contributed by atoms with Gasteiger partial charge in [-0.05, 0) is 19.8 Å². The molecule has 1 saturated carbocycles. The molecule has 0 saturated heterocycles. The predicted octanol–water partition coefficient (Wildman–Crippen LogP) is 1.57. The lowest BCUT2D eigenvalue weighted by Gasteiger charge is -2.02. The van der Waals surface area contributed by atoms with E-state index in [0.717, 1.165) is 30.9 Å². The largest absolute Gasteiger partial charge is 0.447 e. The lowest BCUT2D eigenvalue weighted by molar-refractivity contribution is 0.426. The van der Waals surface area contributed by atoms with Crippen molar-refractivity contribution in [3.05, 3.63) is 23.6 Å². The number of H-pyrrole nitrogens is 1. The number of sulfone groups is 1. The van der Waals surface area contributed by atoms with E-state index in [1.807, 2.05) is 0 Å². The van der Waals surface area contributed by atoms with Crippen LogP contribution in [0.4, 0.5) is 5.82 Å². The summed E-state index contributed by atoms with van der Waals surface area (Å²) in [6.07, 6.45) is 3.04. The number of sulfonamides is 1. The van der Waals surface area contributed by atoms with E-state index in [-0.39, 0.29) is 21.9 Å². The van der Waals surface area contributed by atoms with E-state index in [1.165, 1.54) is 6.92 Å². The third-order valence-corrected chi connectivity index (χ3v) is 6.39. The van der Waals surface area contributed by atoms with Crippen LogP contribution in [0, 0.1) is 6.92 Å². The first-order chi connectivity index (χ1) is 10.5. The Hall–Kier alpha value is -1.81. The smallest absolute Gasteiger partial charge is 0.296 e. The number of nitrogens with zero attached hydrogens (tertiary/aromatic N) is 1. The van der Waals surface area contributed by atoms with Crippen LogP contribution in [0.15, 0.2) is 26.5 Å². The molecule has 0 aromatic carbocycles. The number of aryl methyl sites for hydroxylation is 1. The zero-order valence-corrected chi connectivity index (χ0v) is 14.5. The van der Waals surface area contributed by atoms with Gasteiger partial charge >= 0.3 is 0 Å². The van der Waals surface area contributed by atoms with Gasteiger partial charge in [-0.15, -0.1) is 0 Å². The van der Waals surface area contributed by atoms with Crippen LogP contribution >= 0.6 is 0 Å². The van der Waals surface area contributed by atoms with Crippen molar-refractivity contribution >= 4 is 25.7 Å². The molecule has 0 aliphatic heterocycles. The summed E-state index contributed by atoms with van der Waals surface area (Å²) < 4.78 is 55.2. The molecule has 10 heteroatoms. The Kier molecular flexibility index (Phi) is 3.38. The average molecular weight is 359 g/mol. The summed E-state index contributed by atoms with van der Waals surface area (Å²) in [6, 6.07) is 2.64. The van der Waals surface area contributed by atoms with Crippen LogP contribution in [0.1, 0.15) is 31.2 Å². The van der Waals surface area contributed by atoms with Crippen molar-refractivity contribution in [3.8, 4) is 0 Å². The van der Waals surface area contributed by atoms with Crippen molar-refractivity contribution in [1.29, 1.82) is 0 Å². The Labute approximate surface area is 134 Å². The van der Waals surface area contributed by atoms with E-state index >= 15 is 0 Å². The summed E-state index contributed by atoms with van der Waals surface area (Å²) in [6.45, 7) is 3.46. The van der Waals surface area contributed by atoms with Crippen LogP contribution in [-0.2, 0) is 25.3 Å². The van der Waals surface area contributed by atoms with Gasteiger partial charge in [-0.3, -0.25) is 9.82 Å². The number of aromatic nitrogens is 2. The van der Waals surface area contributed by atoms with Crippen LogP contribution < -0.4 is 4.72 Å². The predicted molar refractivity (Wildman–Crippen MR) is 82.5 cm³/mol. The molecule has 0 spiro atoms. The van der Waals surface area contributed by atoms with E-state index in [9.17, 15) is 16.8 Å². The van der Waals surface area contributed by atoms with Gasteiger partial charge in [0.2, 0.25) is 5.09 Å². The minimum atomic E-state index is -4.05. The minimum Gasteiger partial charge on any atom is -0.447 e. The van der Waals surface area contributed by atoms with Crippen LogP contribution in [0.2, 0.25) is 0 Å². The van der Waals surface area contributed by atoms with Crippen molar-refractivity contribution < 1.29 is 21.3 Å². The molecule has 2 heterocycles. The summed E-state index contributed by atoms with van der Waals surface area (Å²) in [5.41, 5.74) is 0.893. The maximum absolute atomic E-state index is 12.3. The van der Waals surface area contributed by atoms with Gasteiger partial charge in [0.25, 0.3) is 10.0 Å². The number of hydrogen-bond donors (Lipinski definition) is 2. The third kappa shape index (κ3) is 3.00. The third-order valence-electron chi connectivity index (χ3n) is 3.98. The van der Waals surface area contributed by atoms with Crippen LogP contribution in [0.5, 0.6) is 0 Å². The molecule has 23 heavy (non-hydrogen) atoms. The highest BCUT2D eigenvalue weighted by Crippen LogP contribution is 2.47. The molecule has 0 atom stereocenters. The SMILES string of the molecule is Cc1oc(S(=O)(=O)Nc2cc(C3(C)CC3)[nH]n2)cc1S(C)(=O)=O. The molecule has 0 radical (unpaired) electrons. The molecule has 2 aromatic heterocycles. The number of anilines is 1. The quantitative estimate of drug-likeness (QED) is 0.835. The molecule has 126 valence electrons. The van der Waals surface area contributed by atoms with Crippen LogP contribution in [-0.4, -0.2) is 33.3 Å². The second kappa shape index (κ2) is 4.84. The van der Waals surface area contributed by atoms with Crippen molar-refractivity contribution in [1.82, 2.24) is 10.2 Å². The van der Waals surface area contributed by atoms with Crippen molar-refractivity contribution in [2.24, 2.45) is 0 Å². The first-order valence-corrected chi connectivity index (χ1v) is 10.3. The van der Waals surface area contributed by atoms with Crippen LogP contribution in [0.25, 0.3) is 0 Å². The lowest BCUT2D eigenvalue weighted by atomic mass is 10.1.